The SMILES string of the molecule is C=C(C)OC(=O)NCc1ncc(C)cn1. The van der Waals surface area contributed by atoms with Gasteiger partial charge in [-0.05, 0) is 19.4 Å². The first-order valence-electron chi connectivity index (χ1n) is 4.46. The van der Waals surface area contributed by atoms with E-state index < -0.39 is 6.09 Å². The maximum absolute atomic E-state index is 11.0. The maximum Gasteiger partial charge on any atom is 0.412 e. The van der Waals surface area contributed by atoms with Crippen molar-refractivity contribution in [2.45, 2.75) is 20.4 Å². The fourth-order valence-corrected chi connectivity index (χ4v) is 0.856. The van der Waals surface area contributed by atoms with Crippen molar-refractivity contribution >= 4 is 6.09 Å². The van der Waals surface area contributed by atoms with Gasteiger partial charge in [0.1, 0.15) is 5.82 Å². The first-order chi connectivity index (χ1) is 7.08. The number of amides is 1. The van der Waals surface area contributed by atoms with Gasteiger partial charge in [0.15, 0.2) is 0 Å². The molecule has 1 amide bonds. The molecule has 1 rings (SSSR count). The Morgan fingerprint density at radius 3 is 2.67 bits per heavy atom. The highest BCUT2D eigenvalue weighted by molar-refractivity contribution is 5.68. The Labute approximate surface area is 88.2 Å². The molecule has 0 aliphatic heterocycles. The molecule has 0 atom stereocenters. The molecular formula is C10H13N3O2. The number of alkyl carbamates (subject to hydrolysis) is 1. The molecule has 5 heteroatoms. The van der Waals surface area contributed by atoms with Gasteiger partial charge in [-0.3, -0.25) is 0 Å². The first-order valence-corrected chi connectivity index (χ1v) is 4.46. The number of aryl methyl sites for hydroxylation is 1. The molecule has 15 heavy (non-hydrogen) atoms. The van der Waals surface area contributed by atoms with Gasteiger partial charge in [0, 0.05) is 12.4 Å². The maximum atomic E-state index is 11.0. The van der Waals surface area contributed by atoms with Crippen molar-refractivity contribution in [1.29, 1.82) is 0 Å². The summed E-state index contributed by atoms with van der Waals surface area (Å²) in [6, 6.07) is 0. The molecule has 1 N–H and O–H groups in total. The van der Waals surface area contributed by atoms with Crippen LogP contribution in [-0.2, 0) is 11.3 Å². The standard InChI is InChI=1S/C10H13N3O2/c1-7(2)15-10(14)13-6-9-11-4-8(3)5-12-9/h4-5H,1,6H2,2-3H3,(H,13,14). The summed E-state index contributed by atoms with van der Waals surface area (Å²) in [6.45, 7) is 7.18. The summed E-state index contributed by atoms with van der Waals surface area (Å²) < 4.78 is 4.70. The topological polar surface area (TPSA) is 64.1 Å². The number of aromatic nitrogens is 2. The van der Waals surface area contributed by atoms with E-state index in [1.807, 2.05) is 6.92 Å². The highest BCUT2D eigenvalue weighted by Crippen LogP contribution is 1.94. The van der Waals surface area contributed by atoms with Crippen LogP contribution in [-0.4, -0.2) is 16.1 Å². The van der Waals surface area contributed by atoms with Crippen LogP contribution in [0.3, 0.4) is 0 Å². The van der Waals surface area contributed by atoms with Crippen LogP contribution in [0.25, 0.3) is 0 Å². The third kappa shape index (κ3) is 4.21. The molecule has 5 nitrogen and oxygen atoms in total. The summed E-state index contributed by atoms with van der Waals surface area (Å²) in [4.78, 5) is 19.1. The Balaban J connectivity index is 2.40. The van der Waals surface area contributed by atoms with E-state index in [4.69, 9.17) is 4.74 Å². The van der Waals surface area contributed by atoms with E-state index >= 15 is 0 Å². The highest BCUT2D eigenvalue weighted by Gasteiger charge is 2.03. The molecule has 0 spiro atoms. The number of allylic oxidation sites excluding steroid dienone is 1. The van der Waals surface area contributed by atoms with E-state index in [-0.39, 0.29) is 6.54 Å². The van der Waals surface area contributed by atoms with Crippen LogP contribution in [0.15, 0.2) is 24.7 Å². The lowest BCUT2D eigenvalue weighted by molar-refractivity contribution is 0.176. The van der Waals surface area contributed by atoms with E-state index in [0.29, 0.717) is 11.6 Å². The zero-order valence-corrected chi connectivity index (χ0v) is 8.78. The van der Waals surface area contributed by atoms with Crippen molar-refractivity contribution in [2.75, 3.05) is 0 Å². The summed E-state index contributed by atoms with van der Waals surface area (Å²) >= 11 is 0. The normalized spacial score (nSPS) is 9.47. The zero-order valence-electron chi connectivity index (χ0n) is 8.78. The second kappa shape index (κ2) is 5.09. The van der Waals surface area contributed by atoms with Crippen LogP contribution in [0.2, 0.25) is 0 Å². The lowest BCUT2D eigenvalue weighted by Crippen LogP contribution is -2.24. The van der Waals surface area contributed by atoms with E-state index in [2.05, 4.69) is 21.9 Å². The lowest BCUT2D eigenvalue weighted by atomic mass is 10.4. The molecule has 0 radical (unpaired) electrons. The van der Waals surface area contributed by atoms with Crippen molar-refractivity contribution in [3.8, 4) is 0 Å². The quantitative estimate of drug-likeness (QED) is 0.763. The fraction of sp³-hybridized carbons (Fsp3) is 0.300. The average molecular weight is 207 g/mol. The second-order valence-electron chi connectivity index (χ2n) is 3.12. The van der Waals surface area contributed by atoms with E-state index in [1.165, 1.54) is 0 Å². The smallest absolute Gasteiger partial charge is 0.412 e. The van der Waals surface area contributed by atoms with Crippen LogP contribution in [0.5, 0.6) is 0 Å². The van der Waals surface area contributed by atoms with Gasteiger partial charge in [-0.2, -0.15) is 0 Å². The van der Waals surface area contributed by atoms with E-state index in [0.717, 1.165) is 5.56 Å². The van der Waals surface area contributed by atoms with Crippen LogP contribution < -0.4 is 5.32 Å². The third-order valence-electron chi connectivity index (χ3n) is 1.49. The van der Waals surface area contributed by atoms with Crippen LogP contribution in [0.4, 0.5) is 4.79 Å². The van der Waals surface area contributed by atoms with Gasteiger partial charge in [-0.1, -0.05) is 6.58 Å². The van der Waals surface area contributed by atoms with Crippen molar-refractivity contribution in [2.24, 2.45) is 0 Å². The van der Waals surface area contributed by atoms with E-state index in [9.17, 15) is 4.79 Å². The number of ether oxygens (including phenoxy) is 1. The Hall–Kier alpha value is -1.91. The summed E-state index contributed by atoms with van der Waals surface area (Å²) in [5.41, 5.74) is 0.975. The van der Waals surface area contributed by atoms with E-state index in [1.54, 1.807) is 19.3 Å². The molecule has 0 aliphatic rings. The van der Waals surface area contributed by atoms with Crippen molar-refractivity contribution < 1.29 is 9.53 Å². The molecule has 0 saturated carbocycles. The molecule has 0 aromatic carbocycles. The zero-order chi connectivity index (χ0) is 11.3. The molecule has 0 aliphatic carbocycles. The Kier molecular flexibility index (Phi) is 3.79. The number of hydrogen-bond acceptors (Lipinski definition) is 4. The third-order valence-corrected chi connectivity index (χ3v) is 1.49. The van der Waals surface area contributed by atoms with Gasteiger partial charge in [-0.15, -0.1) is 0 Å². The number of nitrogens with one attached hydrogen (secondary N) is 1. The molecule has 0 unspecified atom stereocenters. The molecule has 1 heterocycles. The average Bonchev–Trinajstić information content (AvgIpc) is 2.16. The van der Waals surface area contributed by atoms with Gasteiger partial charge in [0.05, 0.1) is 12.3 Å². The van der Waals surface area contributed by atoms with Crippen molar-refractivity contribution in [3.05, 3.63) is 36.1 Å². The Bertz CT molecular complexity index is 359. The predicted octanol–water partition coefficient (Wildman–Crippen LogP) is 1.54. The van der Waals surface area contributed by atoms with Crippen molar-refractivity contribution in [3.63, 3.8) is 0 Å². The molecule has 0 fully saturated rings. The van der Waals surface area contributed by atoms with Gasteiger partial charge in [0.2, 0.25) is 0 Å². The molecule has 1 aromatic rings. The molecule has 0 bridgehead atoms. The number of hydrogen-bond donors (Lipinski definition) is 1. The van der Waals surface area contributed by atoms with Crippen LogP contribution in [0, 0.1) is 6.92 Å². The largest absolute Gasteiger partial charge is 0.416 e. The summed E-state index contributed by atoms with van der Waals surface area (Å²) in [5.74, 6) is 0.886. The number of carbonyl (C=O) groups excluding carboxylic acids is 1. The first kappa shape index (κ1) is 11.2. The van der Waals surface area contributed by atoms with Gasteiger partial charge >= 0.3 is 6.09 Å². The minimum atomic E-state index is -0.549. The van der Waals surface area contributed by atoms with Gasteiger partial charge in [0.25, 0.3) is 0 Å². The molecular weight excluding hydrogens is 194 g/mol. The van der Waals surface area contributed by atoms with Crippen LogP contribution in [0.1, 0.15) is 18.3 Å². The number of carbonyl (C=O) groups is 1. The second-order valence-corrected chi connectivity index (χ2v) is 3.12. The Morgan fingerprint density at radius 2 is 2.13 bits per heavy atom. The number of nitrogens with zero attached hydrogens (tertiary/aromatic N) is 2. The minimum Gasteiger partial charge on any atom is -0.416 e. The number of rotatable bonds is 3. The van der Waals surface area contributed by atoms with Gasteiger partial charge in [-0.25, -0.2) is 14.8 Å². The monoisotopic (exact) mass is 207 g/mol. The predicted molar refractivity (Wildman–Crippen MR) is 54.9 cm³/mol. The molecule has 0 saturated heterocycles. The minimum absolute atomic E-state index is 0.242. The summed E-state index contributed by atoms with van der Waals surface area (Å²) in [7, 11) is 0. The summed E-state index contributed by atoms with van der Waals surface area (Å²) in [6.07, 6.45) is 2.83. The van der Waals surface area contributed by atoms with Crippen LogP contribution >= 0.6 is 0 Å². The lowest BCUT2D eigenvalue weighted by Gasteiger charge is -2.04. The molecule has 1 aromatic heterocycles. The Morgan fingerprint density at radius 1 is 1.53 bits per heavy atom. The molecule has 80 valence electrons. The van der Waals surface area contributed by atoms with Gasteiger partial charge < -0.3 is 10.1 Å². The van der Waals surface area contributed by atoms with Crippen molar-refractivity contribution in [1.82, 2.24) is 15.3 Å². The summed E-state index contributed by atoms with van der Waals surface area (Å²) in [5, 5.41) is 2.50. The highest BCUT2D eigenvalue weighted by atomic mass is 16.6. The fourth-order valence-electron chi connectivity index (χ4n) is 0.856.